The van der Waals surface area contributed by atoms with Crippen molar-refractivity contribution in [1.29, 1.82) is 0 Å². The molecular formula is C8H12Br2O. The lowest BCUT2D eigenvalue weighted by molar-refractivity contribution is 0.358. The maximum Gasteiger partial charge on any atom is 0.0842 e. The van der Waals surface area contributed by atoms with E-state index >= 15 is 0 Å². The molecule has 3 heteroatoms. The summed E-state index contributed by atoms with van der Waals surface area (Å²) in [5.41, 5.74) is 0. The number of halogens is 2. The molecule has 1 saturated heterocycles. The second-order valence-electron chi connectivity index (χ2n) is 3.40. The van der Waals surface area contributed by atoms with E-state index in [-0.39, 0.29) is 0 Å². The molecule has 1 aliphatic heterocycles. The molecule has 1 heterocycles. The van der Waals surface area contributed by atoms with Crippen LogP contribution in [0.3, 0.4) is 0 Å². The molecular weight excluding hydrogens is 272 g/mol. The number of alkyl halides is 2. The molecule has 1 saturated carbocycles. The van der Waals surface area contributed by atoms with E-state index in [1.54, 1.807) is 0 Å². The average molecular weight is 284 g/mol. The molecule has 11 heavy (non-hydrogen) atoms. The summed E-state index contributed by atoms with van der Waals surface area (Å²) in [6.07, 6.45) is 6.18. The van der Waals surface area contributed by atoms with Crippen LogP contribution in [-0.2, 0) is 4.74 Å². The monoisotopic (exact) mass is 282 g/mol. The van der Waals surface area contributed by atoms with Gasteiger partial charge in [-0.25, -0.2) is 0 Å². The maximum atomic E-state index is 5.49. The van der Waals surface area contributed by atoms with Crippen LogP contribution in [-0.4, -0.2) is 21.9 Å². The van der Waals surface area contributed by atoms with E-state index in [2.05, 4.69) is 31.9 Å². The quantitative estimate of drug-likeness (QED) is 0.492. The van der Waals surface area contributed by atoms with Crippen LogP contribution >= 0.6 is 31.9 Å². The Labute approximate surface area is 84.1 Å². The van der Waals surface area contributed by atoms with Crippen molar-refractivity contribution in [1.82, 2.24) is 0 Å². The molecule has 0 amide bonds. The van der Waals surface area contributed by atoms with Gasteiger partial charge in [-0.2, -0.15) is 0 Å². The Morgan fingerprint density at radius 3 is 1.73 bits per heavy atom. The fraction of sp³-hybridized carbons (Fsp3) is 1.00. The smallest absolute Gasteiger partial charge is 0.0842 e. The molecule has 4 unspecified atom stereocenters. The van der Waals surface area contributed by atoms with Gasteiger partial charge < -0.3 is 4.74 Å². The van der Waals surface area contributed by atoms with Crippen LogP contribution in [0.25, 0.3) is 0 Å². The summed E-state index contributed by atoms with van der Waals surface area (Å²) in [4.78, 5) is 1.29. The Bertz CT molecular complexity index is 135. The second kappa shape index (κ2) is 3.35. The highest BCUT2D eigenvalue weighted by atomic mass is 79.9. The highest BCUT2D eigenvalue weighted by molar-refractivity contribution is 9.12. The van der Waals surface area contributed by atoms with Gasteiger partial charge in [-0.15, -0.1) is 0 Å². The Hall–Kier alpha value is 0.920. The molecule has 0 spiro atoms. The zero-order valence-corrected chi connectivity index (χ0v) is 9.47. The van der Waals surface area contributed by atoms with Gasteiger partial charge in [-0.05, 0) is 25.7 Å². The summed E-state index contributed by atoms with van der Waals surface area (Å²) in [5, 5.41) is 0. The minimum Gasteiger partial charge on any atom is -0.370 e. The molecule has 1 aliphatic carbocycles. The van der Waals surface area contributed by atoms with Crippen LogP contribution in [0.2, 0.25) is 0 Å². The van der Waals surface area contributed by atoms with Crippen molar-refractivity contribution in [2.24, 2.45) is 0 Å². The molecule has 0 aromatic heterocycles. The minimum atomic E-state index is 0.607. The largest absolute Gasteiger partial charge is 0.370 e. The normalized spacial score (nSPS) is 50.7. The molecule has 1 nitrogen and oxygen atoms in total. The fourth-order valence-electron chi connectivity index (χ4n) is 1.70. The van der Waals surface area contributed by atoms with Gasteiger partial charge >= 0.3 is 0 Å². The second-order valence-corrected chi connectivity index (χ2v) is 5.75. The van der Waals surface area contributed by atoms with E-state index in [9.17, 15) is 0 Å². The predicted octanol–water partition coefficient (Wildman–Crippen LogP) is 2.85. The van der Waals surface area contributed by atoms with E-state index in [1.807, 2.05) is 0 Å². The summed E-state index contributed by atoms with van der Waals surface area (Å²) in [6, 6.07) is 0. The fourth-order valence-corrected chi connectivity index (χ4v) is 2.75. The van der Waals surface area contributed by atoms with Crippen molar-refractivity contribution in [3.8, 4) is 0 Å². The molecule has 0 aromatic carbocycles. The lowest BCUT2D eigenvalue weighted by Crippen LogP contribution is -2.18. The molecule has 0 radical (unpaired) electrons. The van der Waals surface area contributed by atoms with Crippen LogP contribution in [0.1, 0.15) is 25.7 Å². The summed E-state index contributed by atoms with van der Waals surface area (Å²) >= 11 is 7.36. The Morgan fingerprint density at radius 2 is 1.27 bits per heavy atom. The molecule has 0 bridgehead atoms. The van der Waals surface area contributed by atoms with E-state index in [1.165, 1.54) is 25.7 Å². The van der Waals surface area contributed by atoms with Gasteiger partial charge in [-0.3, -0.25) is 0 Å². The first kappa shape index (κ1) is 8.52. The molecule has 2 aliphatic rings. The first-order chi connectivity index (χ1) is 5.27. The summed E-state index contributed by atoms with van der Waals surface area (Å²) < 4.78 is 5.49. The molecule has 0 aromatic rings. The van der Waals surface area contributed by atoms with Crippen LogP contribution in [0.4, 0.5) is 0 Å². The summed E-state index contributed by atoms with van der Waals surface area (Å²) in [7, 11) is 0. The maximum absolute atomic E-state index is 5.49. The van der Waals surface area contributed by atoms with E-state index in [4.69, 9.17) is 4.74 Å². The molecule has 2 rings (SSSR count). The van der Waals surface area contributed by atoms with E-state index in [0.717, 1.165) is 0 Å². The number of hydrogen-bond acceptors (Lipinski definition) is 1. The van der Waals surface area contributed by atoms with Crippen molar-refractivity contribution >= 4 is 31.9 Å². The number of rotatable bonds is 0. The van der Waals surface area contributed by atoms with Crippen LogP contribution in [0.15, 0.2) is 0 Å². The van der Waals surface area contributed by atoms with Gasteiger partial charge in [0.1, 0.15) is 0 Å². The number of fused-ring (bicyclic) bond motifs is 1. The number of ether oxygens (including phenoxy) is 1. The van der Waals surface area contributed by atoms with Crippen LogP contribution in [0.5, 0.6) is 0 Å². The summed E-state index contributed by atoms with van der Waals surface area (Å²) in [5.74, 6) is 0. The van der Waals surface area contributed by atoms with Crippen molar-refractivity contribution in [2.45, 2.75) is 47.5 Å². The third kappa shape index (κ3) is 1.99. The van der Waals surface area contributed by atoms with Crippen molar-refractivity contribution in [3.05, 3.63) is 0 Å². The lowest BCUT2D eigenvalue weighted by atomic mass is 10.0. The Balaban J connectivity index is 1.89. The standard InChI is InChI=1S/C8H12Br2O/c9-5-1-3-7-8(11-7)4-2-6(5)10/h5-8H,1-4H2. The highest BCUT2D eigenvalue weighted by Gasteiger charge is 2.40. The molecule has 0 N–H and O–H groups in total. The van der Waals surface area contributed by atoms with Crippen LogP contribution in [0, 0.1) is 0 Å². The molecule has 64 valence electrons. The van der Waals surface area contributed by atoms with E-state index < -0.39 is 0 Å². The third-order valence-corrected chi connectivity index (χ3v) is 5.44. The zero-order valence-electron chi connectivity index (χ0n) is 6.30. The predicted molar refractivity (Wildman–Crippen MR) is 52.6 cm³/mol. The SMILES string of the molecule is BrC1CCC2OC2CCC1Br. The topological polar surface area (TPSA) is 12.5 Å². The van der Waals surface area contributed by atoms with Crippen molar-refractivity contribution in [3.63, 3.8) is 0 Å². The van der Waals surface area contributed by atoms with Gasteiger partial charge in [0.25, 0.3) is 0 Å². The molecule has 2 fully saturated rings. The highest BCUT2D eigenvalue weighted by Crippen LogP contribution is 2.37. The first-order valence-electron chi connectivity index (χ1n) is 4.21. The van der Waals surface area contributed by atoms with Gasteiger partial charge in [0.05, 0.1) is 12.2 Å². The minimum absolute atomic E-state index is 0.607. The number of epoxide rings is 1. The van der Waals surface area contributed by atoms with Gasteiger partial charge in [0, 0.05) is 9.65 Å². The van der Waals surface area contributed by atoms with Crippen molar-refractivity contribution < 1.29 is 4.74 Å². The number of hydrogen-bond donors (Lipinski definition) is 0. The first-order valence-corrected chi connectivity index (χ1v) is 6.04. The zero-order chi connectivity index (χ0) is 7.84. The third-order valence-electron chi connectivity index (χ3n) is 2.53. The molecule has 4 atom stereocenters. The summed E-state index contributed by atoms with van der Waals surface area (Å²) in [6.45, 7) is 0. The Kier molecular flexibility index (Phi) is 2.59. The lowest BCUT2D eigenvalue weighted by Gasteiger charge is -2.17. The Morgan fingerprint density at radius 1 is 0.818 bits per heavy atom. The van der Waals surface area contributed by atoms with Crippen LogP contribution < -0.4 is 0 Å². The van der Waals surface area contributed by atoms with E-state index in [0.29, 0.717) is 21.9 Å². The van der Waals surface area contributed by atoms with Gasteiger partial charge in [0.2, 0.25) is 0 Å². The van der Waals surface area contributed by atoms with Crippen molar-refractivity contribution in [2.75, 3.05) is 0 Å². The van der Waals surface area contributed by atoms with Gasteiger partial charge in [-0.1, -0.05) is 31.9 Å². The van der Waals surface area contributed by atoms with Gasteiger partial charge in [0.15, 0.2) is 0 Å². The average Bonchev–Trinajstić information content (AvgIpc) is 2.72.